The molecule has 0 aromatic heterocycles. The van der Waals surface area contributed by atoms with Crippen molar-refractivity contribution in [2.75, 3.05) is 0 Å². The lowest BCUT2D eigenvalue weighted by Gasteiger charge is -2.28. The Morgan fingerprint density at radius 1 is 1.12 bits per heavy atom. The average molecular weight is 122 g/mol. The van der Waals surface area contributed by atoms with Gasteiger partial charge in [0.05, 0.1) is 0 Å². The molecule has 42 valence electrons. The van der Waals surface area contributed by atoms with Crippen LogP contribution in [0.15, 0.2) is 30.3 Å². The third kappa shape index (κ3) is 1.31. The van der Waals surface area contributed by atoms with E-state index in [1.165, 1.54) is 5.56 Å². The van der Waals surface area contributed by atoms with Crippen LogP contribution < -0.4 is 0 Å². The molecule has 0 heterocycles. The summed E-state index contributed by atoms with van der Waals surface area (Å²) < 4.78 is 0. The van der Waals surface area contributed by atoms with Gasteiger partial charge in [-0.25, -0.2) is 0 Å². The molecule has 0 aliphatic rings. The lowest BCUT2D eigenvalue weighted by Crippen LogP contribution is -1.70. The fourth-order valence-corrected chi connectivity index (χ4v) is 0.794. The number of hydrogen-bond donors (Lipinski definition) is 0. The van der Waals surface area contributed by atoms with Crippen LogP contribution in [-0.2, 0) is 6.16 Å². The van der Waals surface area contributed by atoms with Crippen LogP contribution in [0.25, 0.3) is 0 Å². The summed E-state index contributed by atoms with van der Waals surface area (Å²) in [5, 5.41) is 0. The minimum Gasteiger partial charge on any atom is -1.48 e. The van der Waals surface area contributed by atoms with Crippen LogP contribution >= 0.6 is 9.24 Å². The van der Waals surface area contributed by atoms with Gasteiger partial charge in [0.15, 0.2) is 0 Å². The highest BCUT2D eigenvalue weighted by molar-refractivity contribution is 7.15. The lowest BCUT2D eigenvalue weighted by atomic mass is 10.2. The lowest BCUT2D eigenvalue weighted by molar-refractivity contribution is 1.42. The zero-order valence-electron chi connectivity index (χ0n) is 4.54. The van der Waals surface area contributed by atoms with Gasteiger partial charge in [-0.1, -0.05) is 30.3 Å². The zero-order valence-corrected chi connectivity index (χ0v) is 5.44. The molecule has 0 amide bonds. The molecule has 1 aromatic carbocycles. The Labute approximate surface area is 52.1 Å². The van der Waals surface area contributed by atoms with Gasteiger partial charge in [0, 0.05) is 0 Å². The monoisotopic (exact) mass is 122 g/mol. The maximum Gasteiger partial charge on any atom is -0.0622 e. The molecule has 0 radical (unpaired) electrons. The van der Waals surface area contributed by atoms with Crippen molar-refractivity contribution in [3.63, 3.8) is 0 Å². The van der Waals surface area contributed by atoms with Crippen LogP contribution in [0.5, 0.6) is 0 Å². The van der Waals surface area contributed by atoms with E-state index in [2.05, 4.69) is 21.4 Å². The molecule has 0 fully saturated rings. The summed E-state index contributed by atoms with van der Waals surface area (Å²) in [7, 11) is 4.11. The normalized spacial score (nSPS) is 9.12. The largest absolute Gasteiger partial charge is 1.48 e. The maximum absolute atomic E-state index is 4.11. The minimum absolute atomic E-state index is 0.834. The summed E-state index contributed by atoms with van der Waals surface area (Å²) in [6.45, 7) is 0. The van der Waals surface area contributed by atoms with Gasteiger partial charge in [0.25, 0.3) is 0 Å². The van der Waals surface area contributed by atoms with Crippen LogP contribution in [0.3, 0.4) is 0 Å². The molecule has 0 aliphatic heterocycles. The van der Waals surface area contributed by atoms with Gasteiger partial charge < -0.3 is 15.4 Å². The van der Waals surface area contributed by atoms with Crippen molar-refractivity contribution in [1.82, 2.24) is 0 Å². The minimum atomic E-state index is 0.834. The molecule has 0 N–H and O–H groups in total. The maximum atomic E-state index is 4.11. The van der Waals surface area contributed by atoms with Gasteiger partial charge in [-0.3, -0.25) is 0 Å². The second-order valence-corrected chi connectivity index (χ2v) is 1.96. The van der Waals surface area contributed by atoms with Gasteiger partial charge in [-0.2, -0.15) is 0 Å². The molecule has 0 saturated carbocycles. The number of benzene rings is 1. The topological polar surface area (TPSA) is 0 Å². The first-order valence-corrected chi connectivity index (χ1v) is 3.21. The number of hydrogen-bond acceptors (Lipinski definition) is 0. The molecule has 1 aromatic rings. The first-order valence-electron chi connectivity index (χ1n) is 2.58. The molecule has 0 unspecified atom stereocenters. The van der Waals surface area contributed by atoms with Gasteiger partial charge in [-0.05, 0) is 0 Å². The van der Waals surface area contributed by atoms with Gasteiger partial charge in [0.2, 0.25) is 0 Å². The molecule has 0 atom stereocenters. The Hall–Kier alpha value is -0.350. The molecule has 0 spiro atoms. The van der Waals surface area contributed by atoms with E-state index in [1.54, 1.807) is 0 Å². The van der Waals surface area contributed by atoms with Crippen molar-refractivity contribution in [2.24, 2.45) is 0 Å². The average Bonchev–Trinajstić information content (AvgIpc) is 1.90. The first-order chi connectivity index (χ1) is 3.93. The molecule has 0 bridgehead atoms. The van der Waals surface area contributed by atoms with Crippen molar-refractivity contribution < 1.29 is 0 Å². The van der Waals surface area contributed by atoms with Crippen molar-refractivity contribution in [2.45, 2.75) is 6.16 Å². The van der Waals surface area contributed by atoms with E-state index in [9.17, 15) is 0 Å². The predicted octanol–water partition coefficient (Wildman–Crippen LogP) is 2.60. The summed E-state index contributed by atoms with van der Waals surface area (Å²) in [5.41, 5.74) is 1.27. The molecule has 8 heavy (non-hydrogen) atoms. The molecule has 1 heteroatoms. The molecule has 1 rings (SSSR count). The second-order valence-electron chi connectivity index (χ2n) is 1.64. The van der Waals surface area contributed by atoms with Gasteiger partial charge >= 0.3 is 0 Å². The van der Waals surface area contributed by atoms with E-state index in [1.807, 2.05) is 18.2 Å². The van der Waals surface area contributed by atoms with E-state index >= 15 is 0 Å². The van der Waals surface area contributed by atoms with Crippen LogP contribution in [0.1, 0.15) is 5.56 Å². The summed E-state index contributed by atoms with van der Waals surface area (Å²) >= 11 is 0. The van der Waals surface area contributed by atoms with Crippen molar-refractivity contribution >= 4 is 9.24 Å². The molecule has 0 aliphatic carbocycles. The number of rotatable bonds is 1. The van der Waals surface area contributed by atoms with E-state index in [0.29, 0.717) is 0 Å². The summed E-state index contributed by atoms with van der Waals surface area (Å²) in [4.78, 5) is 0. The highest BCUT2D eigenvalue weighted by atomic mass is 31.0. The zero-order chi connectivity index (χ0) is 5.82. The smallest absolute Gasteiger partial charge is 0.0622 e. The van der Waals surface area contributed by atoms with Crippen LogP contribution in [0.4, 0.5) is 0 Å². The SMILES string of the molecule is [P-2]Cc1ccccc1. The molecule has 0 nitrogen and oxygen atoms in total. The Balaban J connectivity index is 2.83. The quantitative estimate of drug-likeness (QED) is 0.502. The van der Waals surface area contributed by atoms with Crippen LogP contribution in [0.2, 0.25) is 0 Å². The van der Waals surface area contributed by atoms with Gasteiger partial charge in [0.1, 0.15) is 0 Å². The summed E-state index contributed by atoms with van der Waals surface area (Å²) in [6, 6.07) is 10.2. The first kappa shape index (κ1) is 5.78. The van der Waals surface area contributed by atoms with Crippen molar-refractivity contribution in [3.8, 4) is 0 Å². The Kier molecular flexibility index (Phi) is 2.05. The second kappa shape index (κ2) is 2.84. The third-order valence-electron chi connectivity index (χ3n) is 1.03. The van der Waals surface area contributed by atoms with E-state index in [0.717, 1.165) is 6.16 Å². The van der Waals surface area contributed by atoms with Crippen LogP contribution in [0, 0.1) is 0 Å². The fourth-order valence-electron chi connectivity index (χ4n) is 0.583. The van der Waals surface area contributed by atoms with E-state index in [4.69, 9.17) is 0 Å². The van der Waals surface area contributed by atoms with Crippen LogP contribution in [-0.4, -0.2) is 0 Å². The fraction of sp³-hybridized carbons (Fsp3) is 0.143. The molecule has 0 saturated heterocycles. The highest BCUT2D eigenvalue weighted by Crippen LogP contribution is 2.02. The summed E-state index contributed by atoms with van der Waals surface area (Å²) in [5.74, 6) is 0. The van der Waals surface area contributed by atoms with Gasteiger partial charge in [-0.15, -0.1) is 5.56 Å². The highest BCUT2D eigenvalue weighted by Gasteiger charge is 1.70. The molecular formula is C7H7P-2. The third-order valence-corrected chi connectivity index (χ3v) is 1.39. The van der Waals surface area contributed by atoms with E-state index in [-0.39, 0.29) is 0 Å². The van der Waals surface area contributed by atoms with Crippen molar-refractivity contribution in [1.29, 1.82) is 0 Å². The Morgan fingerprint density at radius 2 is 1.75 bits per heavy atom. The molecular weight excluding hydrogens is 115 g/mol. The standard InChI is InChI=1S/C7H7P/c8-6-7-4-2-1-3-5-7/h1-5H,6H2/q-2. The predicted molar refractivity (Wildman–Crippen MR) is 37.1 cm³/mol. The van der Waals surface area contributed by atoms with E-state index < -0.39 is 0 Å². The Bertz CT molecular complexity index is 146. The van der Waals surface area contributed by atoms with Crippen molar-refractivity contribution in [3.05, 3.63) is 35.9 Å². The Morgan fingerprint density at radius 3 is 2.12 bits per heavy atom. The summed E-state index contributed by atoms with van der Waals surface area (Å²) in [6.07, 6.45) is 0.834.